The number of aromatic nitrogens is 1. The van der Waals surface area contributed by atoms with E-state index >= 15 is 0 Å². The Balaban J connectivity index is 1.65. The largest absolute Gasteiger partial charge is 0.497 e. The molecular formula is C19H19N3O3. The van der Waals surface area contributed by atoms with Gasteiger partial charge in [0.1, 0.15) is 17.2 Å². The van der Waals surface area contributed by atoms with E-state index in [9.17, 15) is 4.79 Å². The smallest absolute Gasteiger partial charge is 0.287 e. The molecule has 0 atom stereocenters. The normalized spacial score (nSPS) is 11.0. The van der Waals surface area contributed by atoms with Gasteiger partial charge in [0.25, 0.3) is 5.91 Å². The molecule has 0 unspecified atom stereocenters. The number of hydrazone groups is 1. The van der Waals surface area contributed by atoms with Gasteiger partial charge >= 0.3 is 0 Å². The maximum absolute atomic E-state index is 12.2. The van der Waals surface area contributed by atoms with E-state index in [0.717, 1.165) is 28.0 Å². The van der Waals surface area contributed by atoms with Gasteiger partial charge in [0.15, 0.2) is 0 Å². The first-order chi connectivity index (χ1) is 12.2. The van der Waals surface area contributed by atoms with Gasteiger partial charge in [0.05, 0.1) is 19.9 Å². The summed E-state index contributed by atoms with van der Waals surface area (Å²) in [7, 11) is 1.61. The predicted molar refractivity (Wildman–Crippen MR) is 97.5 cm³/mol. The van der Waals surface area contributed by atoms with Gasteiger partial charge in [-0.25, -0.2) is 5.43 Å². The number of rotatable bonds is 6. The second kappa shape index (κ2) is 7.53. The van der Waals surface area contributed by atoms with Crippen LogP contribution in [0.2, 0.25) is 0 Å². The van der Waals surface area contributed by atoms with Crippen molar-refractivity contribution in [2.75, 3.05) is 13.7 Å². The molecule has 2 N–H and O–H groups in total. The monoisotopic (exact) mass is 337 g/mol. The Morgan fingerprint density at radius 2 is 1.92 bits per heavy atom. The summed E-state index contributed by atoms with van der Waals surface area (Å²) >= 11 is 0. The summed E-state index contributed by atoms with van der Waals surface area (Å²) in [6.45, 7) is 2.56. The van der Waals surface area contributed by atoms with Gasteiger partial charge in [-0.3, -0.25) is 4.79 Å². The lowest BCUT2D eigenvalue weighted by Gasteiger charge is -2.02. The van der Waals surface area contributed by atoms with Gasteiger partial charge in [-0.05, 0) is 61.0 Å². The lowest BCUT2D eigenvalue weighted by atomic mass is 10.2. The molecule has 0 saturated carbocycles. The quantitative estimate of drug-likeness (QED) is 0.535. The topological polar surface area (TPSA) is 75.7 Å². The molecule has 1 aromatic heterocycles. The number of ether oxygens (including phenoxy) is 2. The fourth-order valence-corrected chi connectivity index (χ4v) is 2.40. The number of aromatic amines is 1. The summed E-state index contributed by atoms with van der Waals surface area (Å²) in [5, 5.41) is 4.89. The maximum atomic E-state index is 12.2. The minimum absolute atomic E-state index is 0.308. The van der Waals surface area contributed by atoms with Crippen molar-refractivity contribution in [2.45, 2.75) is 6.92 Å². The molecule has 6 heteroatoms. The van der Waals surface area contributed by atoms with Crippen molar-refractivity contribution in [1.29, 1.82) is 0 Å². The summed E-state index contributed by atoms with van der Waals surface area (Å²) in [4.78, 5) is 15.2. The zero-order chi connectivity index (χ0) is 17.6. The molecule has 3 rings (SSSR count). The van der Waals surface area contributed by atoms with Crippen LogP contribution < -0.4 is 14.9 Å². The average molecular weight is 337 g/mol. The first kappa shape index (κ1) is 16.6. The highest BCUT2D eigenvalue weighted by Crippen LogP contribution is 2.21. The second-order valence-corrected chi connectivity index (χ2v) is 5.34. The highest BCUT2D eigenvalue weighted by atomic mass is 16.5. The molecule has 128 valence electrons. The molecule has 0 radical (unpaired) electrons. The predicted octanol–water partition coefficient (Wildman–Crippen LogP) is 3.34. The zero-order valence-corrected chi connectivity index (χ0v) is 14.1. The standard InChI is InChI=1S/C19H19N3O3/c1-3-25-15-6-4-13(5-7-15)12-20-22-19(23)18-11-14-10-16(24-2)8-9-17(14)21-18/h4-12,21H,3H2,1-2H3,(H,22,23). The third kappa shape index (κ3) is 3.98. The zero-order valence-electron chi connectivity index (χ0n) is 14.1. The van der Waals surface area contributed by atoms with Crippen LogP contribution in [0.4, 0.5) is 0 Å². The van der Waals surface area contributed by atoms with Crippen molar-refractivity contribution in [1.82, 2.24) is 10.4 Å². The number of amides is 1. The summed E-state index contributed by atoms with van der Waals surface area (Å²) in [6, 6.07) is 14.8. The Kier molecular flexibility index (Phi) is 4.99. The molecular weight excluding hydrogens is 318 g/mol. The van der Waals surface area contributed by atoms with E-state index < -0.39 is 0 Å². The summed E-state index contributed by atoms with van der Waals surface area (Å²) in [5.41, 5.74) is 4.68. The van der Waals surface area contributed by atoms with Gasteiger partial charge in [0, 0.05) is 10.9 Å². The van der Waals surface area contributed by atoms with E-state index in [1.807, 2.05) is 49.4 Å². The number of H-pyrrole nitrogens is 1. The van der Waals surface area contributed by atoms with Crippen LogP contribution in [-0.4, -0.2) is 30.8 Å². The van der Waals surface area contributed by atoms with E-state index in [4.69, 9.17) is 9.47 Å². The number of carbonyl (C=O) groups is 1. The Bertz CT molecular complexity index is 898. The number of carbonyl (C=O) groups excluding carboxylic acids is 1. The highest BCUT2D eigenvalue weighted by molar-refractivity contribution is 5.98. The molecule has 1 heterocycles. The third-order valence-corrected chi connectivity index (χ3v) is 3.64. The first-order valence-corrected chi connectivity index (χ1v) is 7.92. The van der Waals surface area contributed by atoms with Crippen LogP contribution in [0.15, 0.2) is 53.6 Å². The Labute approximate surface area is 145 Å². The van der Waals surface area contributed by atoms with Gasteiger partial charge in [-0.15, -0.1) is 0 Å². The SMILES string of the molecule is CCOc1ccc(C=NNC(=O)c2cc3cc(OC)ccc3[nH]2)cc1. The van der Waals surface area contributed by atoms with Crippen LogP contribution in [-0.2, 0) is 0 Å². The number of hydrogen-bond donors (Lipinski definition) is 2. The van der Waals surface area contributed by atoms with Crippen molar-refractivity contribution in [2.24, 2.45) is 5.10 Å². The molecule has 0 fully saturated rings. The molecule has 6 nitrogen and oxygen atoms in total. The molecule has 0 aliphatic carbocycles. The lowest BCUT2D eigenvalue weighted by Crippen LogP contribution is -2.17. The fraction of sp³-hybridized carbons (Fsp3) is 0.158. The number of nitrogens with one attached hydrogen (secondary N) is 2. The lowest BCUT2D eigenvalue weighted by molar-refractivity contribution is 0.0951. The van der Waals surface area contributed by atoms with E-state index in [2.05, 4.69) is 15.5 Å². The van der Waals surface area contributed by atoms with Crippen LogP contribution in [0.3, 0.4) is 0 Å². The Morgan fingerprint density at radius 1 is 1.16 bits per heavy atom. The van der Waals surface area contributed by atoms with Crippen LogP contribution in [0, 0.1) is 0 Å². The van der Waals surface area contributed by atoms with E-state index in [-0.39, 0.29) is 5.91 Å². The van der Waals surface area contributed by atoms with Gasteiger partial charge in [-0.1, -0.05) is 0 Å². The number of nitrogens with zero attached hydrogens (tertiary/aromatic N) is 1. The second-order valence-electron chi connectivity index (χ2n) is 5.34. The molecule has 0 spiro atoms. The Morgan fingerprint density at radius 3 is 2.64 bits per heavy atom. The van der Waals surface area contributed by atoms with Crippen LogP contribution in [0.25, 0.3) is 10.9 Å². The van der Waals surface area contributed by atoms with Crippen LogP contribution >= 0.6 is 0 Å². The number of hydrogen-bond acceptors (Lipinski definition) is 4. The summed E-state index contributed by atoms with van der Waals surface area (Å²) in [5.74, 6) is 1.24. The van der Waals surface area contributed by atoms with E-state index in [0.29, 0.717) is 12.3 Å². The van der Waals surface area contributed by atoms with Crippen LogP contribution in [0.1, 0.15) is 23.0 Å². The molecule has 1 amide bonds. The van der Waals surface area contributed by atoms with E-state index in [1.165, 1.54) is 0 Å². The van der Waals surface area contributed by atoms with Crippen molar-refractivity contribution in [3.05, 3.63) is 59.8 Å². The first-order valence-electron chi connectivity index (χ1n) is 7.92. The summed E-state index contributed by atoms with van der Waals surface area (Å²) in [6.07, 6.45) is 1.58. The third-order valence-electron chi connectivity index (χ3n) is 3.64. The number of methoxy groups -OCH3 is 1. The van der Waals surface area contributed by atoms with Gasteiger partial charge < -0.3 is 14.5 Å². The molecule has 0 saturated heterocycles. The summed E-state index contributed by atoms with van der Waals surface area (Å²) < 4.78 is 10.6. The molecule has 0 aliphatic rings. The van der Waals surface area contributed by atoms with E-state index in [1.54, 1.807) is 19.4 Å². The van der Waals surface area contributed by atoms with Crippen molar-refractivity contribution >= 4 is 23.0 Å². The minimum atomic E-state index is -0.308. The van der Waals surface area contributed by atoms with Crippen molar-refractivity contribution in [3.63, 3.8) is 0 Å². The molecule has 0 bridgehead atoms. The Hall–Kier alpha value is -3.28. The molecule has 3 aromatic rings. The van der Waals surface area contributed by atoms with Crippen molar-refractivity contribution < 1.29 is 14.3 Å². The molecule has 2 aromatic carbocycles. The average Bonchev–Trinajstić information content (AvgIpc) is 3.06. The fourth-order valence-electron chi connectivity index (χ4n) is 2.40. The minimum Gasteiger partial charge on any atom is -0.497 e. The number of fused-ring (bicyclic) bond motifs is 1. The van der Waals surface area contributed by atoms with Gasteiger partial charge in [0.2, 0.25) is 0 Å². The maximum Gasteiger partial charge on any atom is 0.287 e. The number of benzene rings is 2. The molecule has 0 aliphatic heterocycles. The molecule has 25 heavy (non-hydrogen) atoms. The van der Waals surface area contributed by atoms with Gasteiger partial charge in [-0.2, -0.15) is 5.10 Å². The van der Waals surface area contributed by atoms with Crippen LogP contribution in [0.5, 0.6) is 11.5 Å². The highest BCUT2D eigenvalue weighted by Gasteiger charge is 2.09. The van der Waals surface area contributed by atoms with Crippen molar-refractivity contribution in [3.8, 4) is 11.5 Å².